The fourth-order valence-corrected chi connectivity index (χ4v) is 4.82. The molecule has 2 atom stereocenters. The summed E-state index contributed by atoms with van der Waals surface area (Å²) in [4.78, 5) is 2.79. The van der Waals surface area contributed by atoms with Crippen molar-refractivity contribution in [1.82, 2.24) is 10.2 Å². The molecule has 2 aliphatic rings. The summed E-state index contributed by atoms with van der Waals surface area (Å²) in [6.45, 7) is 2.42. The quantitative estimate of drug-likeness (QED) is 0.923. The van der Waals surface area contributed by atoms with E-state index >= 15 is 0 Å². The normalized spacial score (nSPS) is 27.4. The first-order valence-electron chi connectivity index (χ1n) is 7.75. The number of nitrogens with zero attached hydrogens (tertiary/aromatic N) is 1. The molecule has 0 spiro atoms. The van der Waals surface area contributed by atoms with E-state index in [2.05, 4.69) is 46.9 Å². The van der Waals surface area contributed by atoms with Gasteiger partial charge in [-0.05, 0) is 67.7 Å². The standard InChI is InChI=1S/C17H22N2S/c1-18-10-12-8-9-19(13-6-7-13)17(12)15-11-20-16-5-3-2-4-14(15)16/h2-5,11-13,17-18H,6-10H2,1H3. The van der Waals surface area contributed by atoms with Crippen LogP contribution in [0.4, 0.5) is 0 Å². The lowest BCUT2D eigenvalue weighted by molar-refractivity contribution is 0.219. The minimum absolute atomic E-state index is 0.631. The van der Waals surface area contributed by atoms with Gasteiger partial charge in [-0.25, -0.2) is 0 Å². The monoisotopic (exact) mass is 286 g/mol. The van der Waals surface area contributed by atoms with E-state index in [1.54, 1.807) is 5.56 Å². The fourth-order valence-electron chi connectivity index (χ4n) is 3.83. The van der Waals surface area contributed by atoms with E-state index < -0.39 is 0 Å². The molecule has 3 heteroatoms. The summed E-state index contributed by atoms with van der Waals surface area (Å²) in [5, 5.41) is 7.30. The number of hydrogen-bond acceptors (Lipinski definition) is 3. The van der Waals surface area contributed by atoms with Gasteiger partial charge in [0, 0.05) is 16.8 Å². The Morgan fingerprint density at radius 3 is 2.90 bits per heavy atom. The third kappa shape index (κ3) is 2.09. The van der Waals surface area contributed by atoms with Crippen molar-refractivity contribution >= 4 is 21.4 Å². The number of hydrogen-bond donors (Lipinski definition) is 1. The van der Waals surface area contributed by atoms with Gasteiger partial charge in [0.1, 0.15) is 0 Å². The first-order chi connectivity index (χ1) is 9.88. The number of nitrogens with one attached hydrogen (secondary N) is 1. The van der Waals surface area contributed by atoms with E-state index in [1.165, 1.54) is 35.9 Å². The Bertz CT molecular complexity index is 602. The average molecular weight is 286 g/mol. The fraction of sp³-hybridized carbons (Fsp3) is 0.529. The van der Waals surface area contributed by atoms with Crippen molar-refractivity contribution < 1.29 is 0 Å². The third-order valence-electron chi connectivity index (χ3n) is 4.87. The zero-order valence-corrected chi connectivity index (χ0v) is 12.8. The molecule has 4 rings (SSSR count). The van der Waals surface area contributed by atoms with Crippen molar-refractivity contribution in [2.45, 2.75) is 31.3 Å². The van der Waals surface area contributed by atoms with Gasteiger partial charge < -0.3 is 5.32 Å². The second-order valence-electron chi connectivity index (χ2n) is 6.21. The van der Waals surface area contributed by atoms with Gasteiger partial charge in [-0.15, -0.1) is 11.3 Å². The van der Waals surface area contributed by atoms with Gasteiger partial charge in [-0.3, -0.25) is 4.90 Å². The topological polar surface area (TPSA) is 15.3 Å². The lowest BCUT2D eigenvalue weighted by Gasteiger charge is -2.28. The molecule has 0 amide bonds. The maximum atomic E-state index is 3.41. The van der Waals surface area contributed by atoms with Crippen molar-refractivity contribution in [3.8, 4) is 0 Å². The first kappa shape index (κ1) is 12.8. The van der Waals surface area contributed by atoms with Crippen molar-refractivity contribution in [2.24, 2.45) is 5.92 Å². The van der Waals surface area contributed by atoms with Crippen LogP contribution < -0.4 is 5.32 Å². The highest BCUT2D eigenvalue weighted by Crippen LogP contribution is 2.46. The molecule has 2 heterocycles. The lowest BCUT2D eigenvalue weighted by Crippen LogP contribution is -2.30. The predicted molar refractivity (Wildman–Crippen MR) is 86.3 cm³/mol. The molecule has 2 aromatic rings. The molecule has 1 aliphatic carbocycles. The lowest BCUT2D eigenvalue weighted by atomic mass is 9.93. The predicted octanol–water partition coefficient (Wildman–Crippen LogP) is 3.65. The summed E-state index contributed by atoms with van der Waals surface area (Å²) < 4.78 is 1.44. The zero-order valence-electron chi connectivity index (χ0n) is 12.0. The molecule has 2 fully saturated rings. The van der Waals surface area contributed by atoms with Gasteiger partial charge in [-0.1, -0.05) is 18.2 Å². The molecule has 2 nitrogen and oxygen atoms in total. The number of fused-ring (bicyclic) bond motifs is 1. The second kappa shape index (κ2) is 5.14. The van der Waals surface area contributed by atoms with Gasteiger partial charge in [0.25, 0.3) is 0 Å². The van der Waals surface area contributed by atoms with Gasteiger partial charge >= 0.3 is 0 Å². The van der Waals surface area contributed by atoms with Crippen LogP contribution in [-0.4, -0.2) is 31.1 Å². The number of benzene rings is 1. The van der Waals surface area contributed by atoms with Crippen molar-refractivity contribution in [3.63, 3.8) is 0 Å². The summed E-state index contributed by atoms with van der Waals surface area (Å²) in [6, 6.07) is 10.4. The van der Waals surface area contributed by atoms with Gasteiger partial charge in [0.05, 0.1) is 0 Å². The molecule has 2 unspecified atom stereocenters. The highest BCUT2D eigenvalue weighted by molar-refractivity contribution is 7.17. The molecule has 1 saturated carbocycles. The van der Waals surface area contributed by atoms with Crippen LogP contribution in [0.3, 0.4) is 0 Å². The minimum Gasteiger partial charge on any atom is -0.319 e. The third-order valence-corrected chi connectivity index (χ3v) is 5.86. The number of thiophene rings is 1. The molecule has 106 valence electrons. The molecule has 0 radical (unpaired) electrons. The summed E-state index contributed by atoms with van der Waals surface area (Å²) >= 11 is 1.91. The van der Waals surface area contributed by atoms with Crippen LogP contribution >= 0.6 is 11.3 Å². The molecule has 1 aromatic carbocycles. The van der Waals surface area contributed by atoms with E-state index in [-0.39, 0.29) is 0 Å². The Labute approximate surface area is 124 Å². The van der Waals surface area contributed by atoms with Crippen LogP contribution in [-0.2, 0) is 0 Å². The van der Waals surface area contributed by atoms with Crippen molar-refractivity contribution in [2.75, 3.05) is 20.1 Å². The first-order valence-corrected chi connectivity index (χ1v) is 8.63. The van der Waals surface area contributed by atoms with E-state index in [1.807, 2.05) is 11.3 Å². The highest BCUT2D eigenvalue weighted by atomic mass is 32.1. The van der Waals surface area contributed by atoms with Crippen molar-refractivity contribution in [3.05, 3.63) is 35.2 Å². The van der Waals surface area contributed by atoms with E-state index in [0.29, 0.717) is 6.04 Å². The van der Waals surface area contributed by atoms with Crippen molar-refractivity contribution in [1.29, 1.82) is 0 Å². The maximum absolute atomic E-state index is 3.41. The molecule has 1 N–H and O–H groups in total. The second-order valence-corrected chi connectivity index (χ2v) is 7.12. The molecule has 0 bridgehead atoms. The van der Waals surface area contributed by atoms with E-state index in [9.17, 15) is 0 Å². The Morgan fingerprint density at radius 2 is 2.10 bits per heavy atom. The smallest absolute Gasteiger partial charge is 0.0406 e. The van der Waals surface area contributed by atoms with Crippen LogP contribution in [0.15, 0.2) is 29.6 Å². The van der Waals surface area contributed by atoms with Crippen LogP contribution in [0.2, 0.25) is 0 Å². The van der Waals surface area contributed by atoms with E-state index in [4.69, 9.17) is 0 Å². The molecular formula is C17H22N2S. The Morgan fingerprint density at radius 1 is 1.25 bits per heavy atom. The van der Waals surface area contributed by atoms with Crippen LogP contribution in [0.1, 0.15) is 30.9 Å². The minimum atomic E-state index is 0.631. The average Bonchev–Trinajstić information content (AvgIpc) is 3.10. The van der Waals surface area contributed by atoms with Crippen LogP contribution in [0.5, 0.6) is 0 Å². The number of rotatable bonds is 4. The highest BCUT2D eigenvalue weighted by Gasteiger charge is 2.42. The summed E-state index contributed by atoms with van der Waals surface area (Å²) in [6.07, 6.45) is 4.15. The molecule has 1 aliphatic heterocycles. The van der Waals surface area contributed by atoms with Gasteiger partial charge in [0.2, 0.25) is 0 Å². The Kier molecular flexibility index (Phi) is 3.29. The van der Waals surface area contributed by atoms with Crippen LogP contribution in [0, 0.1) is 5.92 Å². The summed E-state index contributed by atoms with van der Waals surface area (Å²) in [5.74, 6) is 0.763. The summed E-state index contributed by atoms with van der Waals surface area (Å²) in [7, 11) is 2.09. The Balaban J connectivity index is 1.75. The molecule has 1 saturated heterocycles. The van der Waals surface area contributed by atoms with E-state index in [0.717, 1.165) is 18.5 Å². The SMILES string of the molecule is CNCC1CCN(C2CC2)C1c1csc2ccccc12. The Hall–Kier alpha value is -0.900. The van der Waals surface area contributed by atoms with Gasteiger partial charge in [0.15, 0.2) is 0 Å². The molecule has 20 heavy (non-hydrogen) atoms. The number of likely N-dealkylation sites (tertiary alicyclic amines) is 1. The van der Waals surface area contributed by atoms with Gasteiger partial charge in [-0.2, -0.15) is 0 Å². The maximum Gasteiger partial charge on any atom is 0.0406 e. The largest absolute Gasteiger partial charge is 0.319 e. The van der Waals surface area contributed by atoms with Crippen LogP contribution in [0.25, 0.3) is 10.1 Å². The summed E-state index contributed by atoms with van der Waals surface area (Å²) in [5.41, 5.74) is 1.58. The molecule has 1 aromatic heterocycles. The molecular weight excluding hydrogens is 264 g/mol. The zero-order chi connectivity index (χ0) is 13.5.